The fourth-order valence-electron chi connectivity index (χ4n) is 0. The molecule has 0 N–H and O–H groups in total. The van der Waals surface area contributed by atoms with Crippen LogP contribution in [0.4, 0.5) is 0 Å². The minimum absolute atomic E-state index is 0. The van der Waals surface area contributed by atoms with Crippen LogP contribution in [0.1, 0.15) is 0 Å². The SMILES string of the molecule is C=O.C=O.[W]. The van der Waals surface area contributed by atoms with Crippen molar-refractivity contribution < 1.29 is 30.7 Å². The first-order valence-corrected chi connectivity index (χ1v) is 0.577. The molecule has 30 valence electrons. The zero-order valence-corrected chi connectivity index (χ0v) is 5.57. The average Bonchev–Trinajstić information content (AvgIpc) is 1.50. The zero-order valence-electron chi connectivity index (χ0n) is 2.64. The zero-order chi connectivity index (χ0) is 4.00. The van der Waals surface area contributed by atoms with Crippen LogP contribution in [0.25, 0.3) is 0 Å². The quantitative estimate of drug-likeness (QED) is 0.582. The molecule has 0 aliphatic heterocycles. The van der Waals surface area contributed by atoms with E-state index in [4.69, 9.17) is 9.59 Å². The van der Waals surface area contributed by atoms with Crippen molar-refractivity contribution in [2.24, 2.45) is 0 Å². The third-order valence-electron chi connectivity index (χ3n) is 0. The van der Waals surface area contributed by atoms with Crippen molar-refractivity contribution in [3.05, 3.63) is 0 Å². The molecule has 0 aromatic heterocycles. The van der Waals surface area contributed by atoms with Crippen molar-refractivity contribution in [3.8, 4) is 0 Å². The first-order chi connectivity index (χ1) is 2.00. The van der Waals surface area contributed by atoms with Gasteiger partial charge in [0, 0.05) is 21.1 Å². The predicted octanol–water partition coefficient (Wildman–Crippen LogP) is -0.372. The molecule has 0 fully saturated rings. The third-order valence-corrected chi connectivity index (χ3v) is 0. The first kappa shape index (κ1) is 19.8. The van der Waals surface area contributed by atoms with Crippen molar-refractivity contribution in [2.45, 2.75) is 0 Å². The molecular weight excluding hydrogens is 240 g/mol. The number of hydrogen-bond acceptors (Lipinski definition) is 2. The molecule has 0 spiro atoms. The summed E-state index contributed by atoms with van der Waals surface area (Å²) in [7, 11) is 0. The van der Waals surface area contributed by atoms with Gasteiger partial charge in [-0.3, -0.25) is 0 Å². The summed E-state index contributed by atoms with van der Waals surface area (Å²) in [6.07, 6.45) is 0. The first-order valence-electron chi connectivity index (χ1n) is 0.577. The molecule has 0 aliphatic rings. The molecule has 0 radical (unpaired) electrons. The molecular formula is C2H4O2W. The van der Waals surface area contributed by atoms with E-state index in [0.29, 0.717) is 0 Å². The minimum atomic E-state index is 0. The number of carbonyl (C=O) groups is 2. The van der Waals surface area contributed by atoms with Crippen molar-refractivity contribution in [1.82, 2.24) is 0 Å². The van der Waals surface area contributed by atoms with Crippen LogP contribution in [0.3, 0.4) is 0 Å². The van der Waals surface area contributed by atoms with Crippen LogP contribution < -0.4 is 0 Å². The molecule has 0 aliphatic carbocycles. The number of hydrogen-bond donors (Lipinski definition) is 0. The Morgan fingerprint density at radius 1 is 0.800 bits per heavy atom. The van der Waals surface area contributed by atoms with Crippen LogP contribution in [0.2, 0.25) is 0 Å². The van der Waals surface area contributed by atoms with Gasteiger partial charge in [0.25, 0.3) is 0 Å². The van der Waals surface area contributed by atoms with E-state index in [2.05, 4.69) is 0 Å². The van der Waals surface area contributed by atoms with E-state index in [1.807, 2.05) is 13.6 Å². The summed E-state index contributed by atoms with van der Waals surface area (Å²) in [4.78, 5) is 16.0. The Bertz CT molecular complexity index is 9.61. The molecule has 3 heteroatoms. The van der Waals surface area contributed by atoms with Gasteiger partial charge in [-0.1, -0.05) is 0 Å². The van der Waals surface area contributed by atoms with Gasteiger partial charge in [-0.05, 0) is 0 Å². The van der Waals surface area contributed by atoms with Gasteiger partial charge >= 0.3 is 0 Å². The van der Waals surface area contributed by atoms with Crippen LogP contribution in [-0.2, 0) is 30.7 Å². The van der Waals surface area contributed by atoms with Gasteiger partial charge in [-0.2, -0.15) is 0 Å². The maximum Gasteiger partial charge on any atom is 0.106 e. The molecule has 0 saturated carbocycles. The maximum atomic E-state index is 8.00. The second-order valence-corrected chi connectivity index (χ2v) is 0. The summed E-state index contributed by atoms with van der Waals surface area (Å²) in [5.41, 5.74) is 0. The Hall–Kier alpha value is 0.0283. The summed E-state index contributed by atoms with van der Waals surface area (Å²) in [6.45, 7) is 4.00. The van der Waals surface area contributed by atoms with E-state index in [1.165, 1.54) is 0 Å². The second-order valence-electron chi connectivity index (χ2n) is 0. The van der Waals surface area contributed by atoms with E-state index in [1.54, 1.807) is 0 Å². The average molecular weight is 244 g/mol. The standard InChI is InChI=1S/2CH2O.W/c2*1-2;/h2*1H2;. The van der Waals surface area contributed by atoms with Crippen LogP contribution in [0, 0.1) is 0 Å². The van der Waals surface area contributed by atoms with E-state index < -0.39 is 0 Å². The van der Waals surface area contributed by atoms with E-state index in [0.717, 1.165) is 0 Å². The summed E-state index contributed by atoms with van der Waals surface area (Å²) in [5, 5.41) is 0. The van der Waals surface area contributed by atoms with Gasteiger partial charge in [0.15, 0.2) is 0 Å². The van der Waals surface area contributed by atoms with E-state index in [9.17, 15) is 0 Å². The summed E-state index contributed by atoms with van der Waals surface area (Å²) in [5.74, 6) is 0. The van der Waals surface area contributed by atoms with Crippen LogP contribution in [0.15, 0.2) is 0 Å². The largest absolute Gasteiger partial charge is 0.307 e. The Balaban J connectivity index is -0.0000000133. The molecule has 0 unspecified atom stereocenters. The predicted molar refractivity (Wildman–Crippen MR) is 14.2 cm³/mol. The smallest absolute Gasteiger partial charge is 0.106 e. The molecule has 0 aromatic rings. The molecule has 0 heterocycles. The Kier molecular flexibility index (Phi) is 183000. The monoisotopic (exact) mass is 244 g/mol. The molecule has 5 heavy (non-hydrogen) atoms. The molecule has 0 rings (SSSR count). The van der Waals surface area contributed by atoms with Gasteiger partial charge in [-0.25, -0.2) is 0 Å². The fraction of sp³-hybridized carbons (Fsp3) is 0. The maximum absolute atomic E-state index is 8.00. The summed E-state index contributed by atoms with van der Waals surface area (Å²) in [6, 6.07) is 0. The van der Waals surface area contributed by atoms with Gasteiger partial charge in [0.05, 0.1) is 0 Å². The number of rotatable bonds is 0. The molecule has 2 nitrogen and oxygen atoms in total. The Labute approximate surface area is 44.8 Å². The van der Waals surface area contributed by atoms with E-state index >= 15 is 0 Å². The Morgan fingerprint density at radius 3 is 0.800 bits per heavy atom. The number of carbonyl (C=O) groups excluding carboxylic acids is 2. The third kappa shape index (κ3) is 20700. The molecule has 0 bridgehead atoms. The summed E-state index contributed by atoms with van der Waals surface area (Å²) >= 11 is 0. The van der Waals surface area contributed by atoms with Crippen LogP contribution in [-0.4, -0.2) is 13.6 Å². The second kappa shape index (κ2) is 46100. The van der Waals surface area contributed by atoms with Crippen molar-refractivity contribution in [3.63, 3.8) is 0 Å². The summed E-state index contributed by atoms with van der Waals surface area (Å²) < 4.78 is 0. The van der Waals surface area contributed by atoms with Gasteiger partial charge in [-0.15, -0.1) is 0 Å². The van der Waals surface area contributed by atoms with Crippen molar-refractivity contribution in [1.29, 1.82) is 0 Å². The van der Waals surface area contributed by atoms with Gasteiger partial charge < -0.3 is 9.59 Å². The molecule has 0 amide bonds. The minimum Gasteiger partial charge on any atom is -0.307 e. The Morgan fingerprint density at radius 2 is 0.800 bits per heavy atom. The normalized spacial score (nSPS) is 1.60. The van der Waals surface area contributed by atoms with Gasteiger partial charge in [0.1, 0.15) is 13.6 Å². The van der Waals surface area contributed by atoms with Crippen molar-refractivity contribution in [2.75, 3.05) is 0 Å². The molecule has 0 saturated heterocycles. The van der Waals surface area contributed by atoms with Gasteiger partial charge in [0.2, 0.25) is 0 Å². The van der Waals surface area contributed by atoms with Crippen molar-refractivity contribution >= 4 is 13.6 Å². The fourth-order valence-corrected chi connectivity index (χ4v) is 0. The topological polar surface area (TPSA) is 34.1 Å². The molecule has 0 atom stereocenters. The van der Waals surface area contributed by atoms with E-state index in [-0.39, 0.29) is 21.1 Å². The van der Waals surface area contributed by atoms with Crippen LogP contribution in [0.5, 0.6) is 0 Å². The molecule has 0 aromatic carbocycles. The van der Waals surface area contributed by atoms with Crippen LogP contribution >= 0.6 is 0 Å².